The van der Waals surface area contributed by atoms with Gasteiger partial charge in [-0.1, -0.05) is 5.16 Å². The maximum Gasteiger partial charge on any atom is 0.353 e. The van der Waals surface area contributed by atoms with E-state index in [1.807, 2.05) is 0 Å². The van der Waals surface area contributed by atoms with E-state index >= 15 is 0 Å². The molecule has 2 aliphatic heterocycles. The highest BCUT2D eigenvalue weighted by atomic mass is 32.2. The first-order valence-electron chi connectivity index (χ1n) is 12.5. The largest absolute Gasteiger partial charge is 0.477 e. The molecule has 3 heterocycles. The van der Waals surface area contributed by atoms with Gasteiger partial charge in [-0.25, -0.2) is 14.6 Å². The Morgan fingerprint density at radius 1 is 1.21 bits per heavy atom. The maximum absolute atomic E-state index is 13.3. The monoisotopic (exact) mass is 625 g/mol. The van der Waals surface area contributed by atoms with Gasteiger partial charge in [-0.05, 0) is 41.5 Å². The maximum atomic E-state index is 13.3. The topological polar surface area (TPSA) is 217 Å². The van der Waals surface area contributed by atoms with Gasteiger partial charge >= 0.3 is 17.9 Å². The predicted octanol–water partition coefficient (Wildman–Crippen LogP) is 0.827. The van der Waals surface area contributed by atoms with Crippen LogP contribution in [0.25, 0.3) is 0 Å². The number of anilines is 1. The van der Waals surface area contributed by atoms with Gasteiger partial charge in [0.2, 0.25) is 5.60 Å². The molecule has 42 heavy (non-hydrogen) atoms. The number of fused-ring (bicyclic) bond motifs is 1. The lowest BCUT2D eigenvalue weighted by atomic mass is 10.0. The number of hydrogen-bond donors (Lipinski definition) is 3. The molecule has 1 saturated heterocycles. The smallest absolute Gasteiger partial charge is 0.353 e. The molecule has 0 radical (unpaired) electrons. The van der Waals surface area contributed by atoms with Crippen LogP contribution in [0.1, 0.15) is 53.7 Å². The number of carbonyl (C=O) groups is 6. The Morgan fingerprint density at radius 2 is 1.88 bits per heavy atom. The van der Waals surface area contributed by atoms with Gasteiger partial charge in [0, 0.05) is 16.7 Å². The fourth-order valence-electron chi connectivity index (χ4n) is 3.62. The number of nitrogens with one attached hydrogen (secondary N) is 1. The van der Waals surface area contributed by atoms with E-state index in [0.29, 0.717) is 0 Å². The Morgan fingerprint density at radius 3 is 2.43 bits per heavy atom. The third kappa shape index (κ3) is 7.64. The molecule has 228 valence electrons. The van der Waals surface area contributed by atoms with Crippen LogP contribution >= 0.6 is 23.1 Å². The molecule has 15 nitrogen and oxygen atoms in total. The molecular weight excluding hydrogens is 594 g/mol. The van der Waals surface area contributed by atoms with Crippen LogP contribution in [0.3, 0.4) is 0 Å². The van der Waals surface area contributed by atoms with Crippen molar-refractivity contribution in [3.63, 3.8) is 0 Å². The summed E-state index contributed by atoms with van der Waals surface area (Å²) < 4.78 is 10.3. The molecule has 2 aliphatic rings. The second-order valence-electron chi connectivity index (χ2n) is 10.8. The number of thiazole rings is 1. The van der Waals surface area contributed by atoms with Crippen LogP contribution in [-0.2, 0) is 43.1 Å². The number of Topliss-reactive ketones (excluding diaryl/α,β-unsaturated/α-hetero) is 1. The number of β-lactam (4-membered cyclic amide) rings is 1. The molecule has 0 bridgehead atoms. The number of oxime groups is 1. The van der Waals surface area contributed by atoms with Crippen LogP contribution in [0, 0.1) is 0 Å². The van der Waals surface area contributed by atoms with Gasteiger partial charge in [-0.3, -0.25) is 24.1 Å². The third-order valence-corrected chi connectivity index (χ3v) is 7.59. The molecule has 17 heteroatoms. The normalized spacial score (nSPS) is 19.0. The number of nitrogen functional groups attached to an aromatic ring is 1. The second-order valence-corrected chi connectivity index (χ2v) is 12.8. The molecule has 0 aliphatic carbocycles. The number of thioether (sulfide) groups is 1. The first kappa shape index (κ1) is 32.5. The lowest BCUT2D eigenvalue weighted by molar-refractivity contribution is -0.179. The molecule has 4 N–H and O–H groups in total. The van der Waals surface area contributed by atoms with Crippen LogP contribution < -0.4 is 11.1 Å². The molecule has 1 aromatic rings. The van der Waals surface area contributed by atoms with E-state index < -0.39 is 71.2 Å². The van der Waals surface area contributed by atoms with Gasteiger partial charge < -0.3 is 30.5 Å². The highest BCUT2D eigenvalue weighted by Crippen LogP contribution is 2.40. The van der Waals surface area contributed by atoms with Gasteiger partial charge in [-0.15, -0.1) is 23.1 Å². The van der Waals surface area contributed by atoms with Gasteiger partial charge in [0.15, 0.2) is 10.8 Å². The molecule has 1 fully saturated rings. The quantitative estimate of drug-likeness (QED) is 0.102. The zero-order valence-corrected chi connectivity index (χ0v) is 25.3. The highest BCUT2D eigenvalue weighted by molar-refractivity contribution is 8.00. The average molecular weight is 626 g/mol. The van der Waals surface area contributed by atoms with Crippen molar-refractivity contribution in [2.45, 2.75) is 70.6 Å². The van der Waals surface area contributed by atoms with Crippen LogP contribution in [-0.4, -0.2) is 91.2 Å². The van der Waals surface area contributed by atoms with Crippen molar-refractivity contribution in [3.8, 4) is 0 Å². The molecular formula is C25H31N5O10S2. The van der Waals surface area contributed by atoms with Crippen LogP contribution in [0.15, 0.2) is 21.8 Å². The number of ether oxygens (including phenoxy) is 2. The number of aromatic nitrogens is 1. The van der Waals surface area contributed by atoms with Crippen molar-refractivity contribution in [3.05, 3.63) is 22.3 Å². The summed E-state index contributed by atoms with van der Waals surface area (Å²) in [7, 11) is 0. The molecule has 2 atom stereocenters. The van der Waals surface area contributed by atoms with Crippen molar-refractivity contribution in [1.29, 1.82) is 0 Å². The number of carboxylic acid groups (broad SMARTS) is 1. The lowest BCUT2D eigenvalue weighted by Gasteiger charge is -2.49. The number of rotatable bonds is 11. The number of nitrogens with zero attached hydrogens (tertiary/aromatic N) is 3. The Hall–Kier alpha value is -3.99. The minimum atomic E-state index is -1.60. The SMILES string of the molecule is CC(=O)CC(=O)OCC1=C(C(=O)O)N2C(=O)[C@@H](NC(=O)/C(=N\OC(C)(C)C(=O)OC(C)(C)C)c3csc(N)n3)[C@@H]2SC1. The van der Waals surface area contributed by atoms with Crippen molar-refractivity contribution < 1.29 is 48.2 Å². The lowest BCUT2D eigenvalue weighted by Crippen LogP contribution is -2.71. The van der Waals surface area contributed by atoms with E-state index in [0.717, 1.165) is 28.0 Å². The highest BCUT2D eigenvalue weighted by Gasteiger charge is 2.54. The fourth-order valence-corrected chi connectivity index (χ4v) is 5.50. The number of esters is 2. The second kappa shape index (κ2) is 12.5. The molecule has 0 unspecified atom stereocenters. The van der Waals surface area contributed by atoms with Crippen LogP contribution in [0.4, 0.5) is 5.13 Å². The Kier molecular flexibility index (Phi) is 9.66. The van der Waals surface area contributed by atoms with Crippen molar-refractivity contribution in [2.75, 3.05) is 18.1 Å². The van der Waals surface area contributed by atoms with Crippen molar-refractivity contribution in [1.82, 2.24) is 15.2 Å². The minimum Gasteiger partial charge on any atom is -0.477 e. The summed E-state index contributed by atoms with van der Waals surface area (Å²) in [5.41, 5.74) is 2.75. The fraction of sp³-hybridized carbons (Fsp3) is 0.520. The molecule has 1 aromatic heterocycles. The molecule has 3 rings (SSSR count). The summed E-state index contributed by atoms with van der Waals surface area (Å²) in [5, 5.41) is 17.0. The molecule has 0 spiro atoms. The molecule has 0 aromatic carbocycles. The first-order valence-corrected chi connectivity index (χ1v) is 14.4. The summed E-state index contributed by atoms with van der Waals surface area (Å²) >= 11 is 2.17. The number of nitrogens with two attached hydrogens (primary N) is 1. The zero-order valence-electron chi connectivity index (χ0n) is 23.7. The zero-order chi connectivity index (χ0) is 31.6. The number of carboxylic acids is 1. The van der Waals surface area contributed by atoms with Gasteiger partial charge in [0.05, 0.1) is 0 Å². The molecule has 2 amide bonds. The number of aliphatic carboxylic acids is 1. The molecule has 0 saturated carbocycles. The Balaban J connectivity index is 1.79. The van der Waals surface area contributed by atoms with Crippen LogP contribution in [0.5, 0.6) is 0 Å². The van der Waals surface area contributed by atoms with E-state index in [-0.39, 0.29) is 33.6 Å². The van der Waals surface area contributed by atoms with E-state index in [2.05, 4.69) is 15.5 Å². The first-order chi connectivity index (χ1) is 19.4. The van der Waals surface area contributed by atoms with Crippen molar-refractivity contribution in [2.24, 2.45) is 5.16 Å². The van der Waals surface area contributed by atoms with Gasteiger partial charge in [-0.2, -0.15) is 0 Å². The van der Waals surface area contributed by atoms with E-state index in [1.54, 1.807) is 20.8 Å². The third-order valence-electron chi connectivity index (χ3n) is 5.57. The Labute approximate surface area is 248 Å². The summed E-state index contributed by atoms with van der Waals surface area (Å²) in [6.07, 6.45) is -0.463. The summed E-state index contributed by atoms with van der Waals surface area (Å²) in [4.78, 5) is 84.3. The number of ketones is 1. The van der Waals surface area contributed by atoms with Gasteiger partial charge in [0.25, 0.3) is 11.8 Å². The van der Waals surface area contributed by atoms with Gasteiger partial charge in [0.1, 0.15) is 47.2 Å². The summed E-state index contributed by atoms with van der Waals surface area (Å²) in [6, 6.07) is -1.14. The van der Waals surface area contributed by atoms with E-state index in [9.17, 15) is 33.9 Å². The predicted molar refractivity (Wildman–Crippen MR) is 150 cm³/mol. The van der Waals surface area contributed by atoms with E-state index in [1.165, 1.54) is 26.2 Å². The number of hydrogen-bond acceptors (Lipinski definition) is 14. The van der Waals surface area contributed by atoms with E-state index in [4.69, 9.17) is 20.0 Å². The van der Waals surface area contributed by atoms with Crippen molar-refractivity contribution >= 4 is 69.4 Å². The number of amides is 2. The number of carbonyl (C=O) groups excluding carboxylic acids is 5. The summed E-state index contributed by atoms with van der Waals surface area (Å²) in [5.74, 6) is -4.93. The Bertz CT molecular complexity index is 1380. The minimum absolute atomic E-state index is 0.0238. The van der Waals surface area contributed by atoms with Crippen LogP contribution in [0.2, 0.25) is 0 Å². The standard InChI is InChI=1S/C25H31N5O10S2/c1-11(31)7-14(32)38-8-12-9-41-20-16(19(34)30(20)17(12)21(35)36)28-18(33)15(13-10-42-23(26)27-13)29-40-25(5,6)22(37)39-24(2,3)4/h10,16,20H,7-9H2,1-6H3,(H2,26,27)(H,28,33)(H,35,36)/b29-15-/t16-,20+/m1/s1. The average Bonchev–Trinajstić information content (AvgIpc) is 3.29. The summed E-state index contributed by atoms with van der Waals surface area (Å²) in [6.45, 7) is 8.63.